The van der Waals surface area contributed by atoms with Crippen molar-refractivity contribution in [3.8, 4) is 0 Å². The molecule has 4 nitrogen and oxygen atoms in total. The molecule has 1 aromatic rings. The van der Waals surface area contributed by atoms with E-state index in [0.29, 0.717) is 0 Å². The lowest BCUT2D eigenvalue weighted by molar-refractivity contribution is -0.133. The largest absolute Gasteiger partial charge is 0.376 e. The molecule has 1 fully saturated rings. The van der Waals surface area contributed by atoms with E-state index in [2.05, 4.69) is 23.5 Å². The fourth-order valence-corrected chi connectivity index (χ4v) is 3.25. The third-order valence-corrected chi connectivity index (χ3v) is 4.49. The first-order valence-electron chi connectivity index (χ1n) is 8.02. The number of carbonyl (C=O) groups is 1. The minimum atomic E-state index is -0.0961. The second-order valence-electron chi connectivity index (χ2n) is 5.90. The number of nitrogens with one attached hydrogen (secondary N) is 1. The molecular formula is C17H24N2O2. The van der Waals surface area contributed by atoms with E-state index in [1.807, 2.05) is 17.9 Å². The molecular weight excluding hydrogens is 264 g/mol. The highest BCUT2D eigenvalue weighted by atomic mass is 16.5. The number of carbonyl (C=O) groups excluding carboxylic acids is 1. The maximum Gasteiger partial charge on any atom is 0.245 e. The van der Waals surface area contributed by atoms with Crippen LogP contribution in [0.1, 0.15) is 31.7 Å². The Hall–Kier alpha value is -1.55. The number of fused-ring (bicyclic) bond motifs is 1. The number of hydrogen-bond acceptors (Lipinski definition) is 3. The van der Waals surface area contributed by atoms with Crippen LogP contribution >= 0.6 is 0 Å². The molecule has 1 aromatic carbocycles. The molecule has 2 atom stereocenters. The number of anilines is 1. The molecule has 0 radical (unpaired) electrons. The average molecular weight is 288 g/mol. The molecule has 1 amide bonds. The molecule has 3 rings (SSSR count). The minimum Gasteiger partial charge on any atom is -0.376 e. The van der Waals surface area contributed by atoms with Gasteiger partial charge in [0.1, 0.15) is 6.04 Å². The molecule has 4 heteroatoms. The molecule has 0 spiro atoms. The predicted molar refractivity (Wildman–Crippen MR) is 83.4 cm³/mol. The van der Waals surface area contributed by atoms with Crippen molar-refractivity contribution in [1.29, 1.82) is 0 Å². The molecule has 21 heavy (non-hydrogen) atoms. The number of amides is 1. The van der Waals surface area contributed by atoms with Gasteiger partial charge >= 0.3 is 0 Å². The fraction of sp³-hybridized carbons (Fsp3) is 0.588. The third kappa shape index (κ3) is 3.21. The van der Waals surface area contributed by atoms with Crippen LogP contribution in [0.5, 0.6) is 0 Å². The maximum atomic E-state index is 12.7. The van der Waals surface area contributed by atoms with E-state index in [4.69, 9.17) is 4.74 Å². The van der Waals surface area contributed by atoms with Crippen LogP contribution in [0.25, 0.3) is 0 Å². The zero-order valence-electron chi connectivity index (χ0n) is 12.7. The van der Waals surface area contributed by atoms with Crippen molar-refractivity contribution in [2.75, 3.05) is 25.0 Å². The van der Waals surface area contributed by atoms with Crippen molar-refractivity contribution in [2.45, 2.75) is 44.8 Å². The van der Waals surface area contributed by atoms with Crippen molar-refractivity contribution in [3.63, 3.8) is 0 Å². The van der Waals surface area contributed by atoms with E-state index in [1.165, 1.54) is 5.56 Å². The highest BCUT2D eigenvalue weighted by Gasteiger charge is 2.29. The summed E-state index contributed by atoms with van der Waals surface area (Å²) in [6.45, 7) is 4.36. The molecule has 2 heterocycles. The van der Waals surface area contributed by atoms with Gasteiger partial charge in [-0.25, -0.2) is 0 Å². The van der Waals surface area contributed by atoms with Crippen LogP contribution in [0.2, 0.25) is 0 Å². The van der Waals surface area contributed by atoms with Crippen molar-refractivity contribution in [3.05, 3.63) is 29.8 Å². The van der Waals surface area contributed by atoms with Gasteiger partial charge in [-0.3, -0.25) is 4.79 Å². The number of para-hydroxylation sites is 1. The normalized spacial score (nSPS) is 24.2. The lowest BCUT2D eigenvalue weighted by Crippen LogP contribution is -2.47. The number of likely N-dealkylation sites (N-methyl/N-ethyl adjacent to an activating group) is 1. The number of nitrogens with zero attached hydrogens (tertiary/aromatic N) is 1. The number of ether oxygens (including phenoxy) is 1. The molecule has 0 saturated carbocycles. The van der Waals surface area contributed by atoms with Gasteiger partial charge in [-0.05, 0) is 44.2 Å². The Morgan fingerprint density at radius 2 is 2.24 bits per heavy atom. The van der Waals surface area contributed by atoms with Crippen LogP contribution in [0.4, 0.5) is 5.69 Å². The zero-order valence-corrected chi connectivity index (χ0v) is 12.7. The SMILES string of the molecule is CCN(CC1CCCO1)C(=O)C1CCc2ccccc2N1. The molecule has 1 N–H and O–H groups in total. The van der Waals surface area contributed by atoms with Crippen LogP contribution in [-0.4, -0.2) is 42.6 Å². The predicted octanol–water partition coefficient (Wildman–Crippen LogP) is 2.44. The highest BCUT2D eigenvalue weighted by Crippen LogP contribution is 2.25. The molecule has 0 aromatic heterocycles. The first kappa shape index (κ1) is 14.4. The Kier molecular flexibility index (Phi) is 4.44. The lowest BCUT2D eigenvalue weighted by atomic mass is 9.97. The number of rotatable bonds is 4. The van der Waals surface area contributed by atoms with Gasteiger partial charge in [-0.1, -0.05) is 18.2 Å². The summed E-state index contributed by atoms with van der Waals surface area (Å²) in [5, 5.41) is 3.40. The molecule has 0 bridgehead atoms. The summed E-state index contributed by atoms with van der Waals surface area (Å²) in [6.07, 6.45) is 4.26. The van der Waals surface area contributed by atoms with E-state index in [-0.39, 0.29) is 18.1 Å². The van der Waals surface area contributed by atoms with Crippen molar-refractivity contribution in [2.24, 2.45) is 0 Å². The quantitative estimate of drug-likeness (QED) is 0.925. The minimum absolute atomic E-state index is 0.0961. The van der Waals surface area contributed by atoms with Crippen LogP contribution < -0.4 is 5.32 Å². The van der Waals surface area contributed by atoms with Gasteiger partial charge in [0.05, 0.1) is 6.10 Å². The molecule has 1 saturated heterocycles. The Morgan fingerprint density at radius 3 is 3.00 bits per heavy atom. The van der Waals surface area contributed by atoms with E-state index < -0.39 is 0 Å². The van der Waals surface area contributed by atoms with Crippen LogP contribution in [0.15, 0.2) is 24.3 Å². The summed E-state index contributed by atoms with van der Waals surface area (Å²) >= 11 is 0. The molecule has 114 valence electrons. The highest BCUT2D eigenvalue weighted by molar-refractivity contribution is 5.85. The number of hydrogen-bond donors (Lipinski definition) is 1. The second kappa shape index (κ2) is 6.48. The maximum absolute atomic E-state index is 12.7. The van der Waals surface area contributed by atoms with Crippen molar-refractivity contribution < 1.29 is 9.53 Å². The average Bonchev–Trinajstić information content (AvgIpc) is 3.04. The smallest absolute Gasteiger partial charge is 0.245 e. The second-order valence-corrected chi connectivity index (χ2v) is 5.90. The summed E-state index contributed by atoms with van der Waals surface area (Å²) in [5.41, 5.74) is 2.42. The molecule has 2 aliphatic rings. The van der Waals surface area contributed by atoms with E-state index in [9.17, 15) is 4.79 Å². The fourth-order valence-electron chi connectivity index (χ4n) is 3.25. The summed E-state index contributed by atoms with van der Waals surface area (Å²) < 4.78 is 5.66. The van der Waals surface area contributed by atoms with Crippen molar-refractivity contribution in [1.82, 2.24) is 4.90 Å². The Bertz CT molecular complexity index is 497. The Balaban J connectivity index is 1.64. The lowest BCUT2D eigenvalue weighted by Gasteiger charge is -2.32. The van der Waals surface area contributed by atoms with Gasteiger partial charge in [-0.2, -0.15) is 0 Å². The molecule has 2 aliphatic heterocycles. The molecule has 0 aliphatic carbocycles. The monoisotopic (exact) mass is 288 g/mol. The summed E-state index contributed by atoms with van der Waals surface area (Å²) in [7, 11) is 0. The van der Waals surface area contributed by atoms with Gasteiger partial charge < -0.3 is 15.0 Å². The first-order chi connectivity index (χ1) is 10.3. The van der Waals surface area contributed by atoms with Gasteiger partial charge in [0.2, 0.25) is 5.91 Å². The number of aryl methyl sites for hydroxylation is 1. The first-order valence-corrected chi connectivity index (χ1v) is 8.02. The summed E-state index contributed by atoms with van der Waals surface area (Å²) in [6, 6.07) is 8.17. The Morgan fingerprint density at radius 1 is 1.38 bits per heavy atom. The van der Waals surface area contributed by atoms with Gasteiger partial charge in [-0.15, -0.1) is 0 Å². The zero-order chi connectivity index (χ0) is 14.7. The van der Waals surface area contributed by atoms with Crippen LogP contribution in [0.3, 0.4) is 0 Å². The van der Waals surface area contributed by atoms with Crippen LogP contribution in [-0.2, 0) is 16.0 Å². The molecule has 2 unspecified atom stereocenters. The van der Waals surface area contributed by atoms with Crippen LogP contribution in [0, 0.1) is 0 Å². The summed E-state index contributed by atoms with van der Waals surface area (Å²) in [4.78, 5) is 14.7. The number of benzene rings is 1. The van der Waals surface area contributed by atoms with Crippen molar-refractivity contribution >= 4 is 11.6 Å². The summed E-state index contributed by atoms with van der Waals surface area (Å²) in [5.74, 6) is 0.211. The van der Waals surface area contributed by atoms with Gasteiger partial charge in [0.15, 0.2) is 0 Å². The van der Waals surface area contributed by atoms with E-state index >= 15 is 0 Å². The third-order valence-electron chi connectivity index (χ3n) is 4.49. The van der Waals surface area contributed by atoms with Gasteiger partial charge in [0, 0.05) is 25.4 Å². The topological polar surface area (TPSA) is 41.6 Å². The standard InChI is InChI=1S/C17H24N2O2/c1-2-19(12-14-7-5-11-21-14)17(20)16-10-9-13-6-3-4-8-15(13)18-16/h3-4,6,8,14,16,18H,2,5,7,9-12H2,1H3. The Labute approximate surface area is 126 Å². The van der Waals surface area contributed by atoms with Gasteiger partial charge in [0.25, 0.3) is 0 Å². The van der Waals surface area contributed by atoms with E-state index in [1.54, 1.807) is 0 Å². The van der Waals surface area contributed by atoms with E-state index in [0.717, 1.165) is 51.1 Å².